The van der Waals surface area contributed by atoms with Crippen LogP contribution in [0.1, 0.15) is 20.8 Å². The summed E-state index contributed by atoms with van der Waals surface area (Å²) in [6.45, 7) is 2.43. The second-order valence-electron chi connectivity index (χ2n) is 4.23. The highest BCUT2D eigenvalue weighted by atomic mass is 79.9. The minimum Gasteiger partial charge on any atom is -0.507 e. The van der Waals surface area contributed by atoms with Crippen LogP contribution in [0, 0.1) is 6.92 Å². The molecule has 19 heavy (non-hydrogen) atoms. The molecular formula is C14H14BrNO2S. The number of hydrogen-bond donors (Lipinski definition) is 2. The highest BCUT2D eigenvalue weighted by Gasteiger charge is 2.10. The van der Waals surface area contributed by atoms with Gasteiger partial charge in [-0.15, -0.1) is 11.3 Å². The van der Waals surface area contributed by atoms with Gasteiger partial charge >= 0.3 is 0 Å². The zero-order valence-electron chi connectivity index (χ0n) is 10.4. The summed E-state index contributed by atoms with van der Waals surface area (Å²) in [5.74, 6) is -0.218. The third-order valence-corrected chi connectivity index (χ3v) is 4.37. The molecule has 100 valence electrons. The lowest BCUT2D eigenvalue weighted by Gasteiger charge is -2.06. The number of halogens is 1. The van der Waals surface area contributed by atoms with Gasteiger partial charge in [0.05, 0.1) is 9.35 Å². The third kappa shape index (κ3) is 3.81. The molecule has 0 unspecified atom stereocenters. The Morgan fingerprint density at radius 1 is 1.37 bits per heavy atom. The fraction of sp³-hybridized carbons (Fsp3) is 0.214. The maximum Gasteiger partial charge on any atom is 0.255 e. The quantitative estimate of drug-likeness (QED) is 0.895. The standard InChI is InChI=1S/C14H14BrNO2S/c1-9-2-4-11(12(17)8-9)14(18)16-7-6-10-3-5-13(15)19-10/h2-5,8,17H,6-7H2,1H3,(H,16,18). The number of nitrogens with one attached hydrogen (secondary N) is 1. The number of hydrogen-bond acceptors (Lipinski definition) is 3. The summed E-state index contributed by atoms with van der Waals surface area (Å²) in [5.41, 5.74) is 1.25. The number of phenolic OH excluding ortho intramolecular Hbond substituents is 1. The van der Waals surface area contributed by atoms with Crippen molar-refractivity contribution in [2.24, 2.45) is 0 Å². The summed E-state index contributed by atoms with van der Waals surface area (Å²) in [6, 6.07) is 9.07. The largest absolute Gasteiger partial charge is 0.507 e. The van der Waals surface area contributed by atoms with Gasteiger partial charge in [0.1, 0.15) is 5.75 Å². The average molecular weight is 340 g/mol. The number of carbonyl (C=O) groups excluding carboxylic acids is 1. The van der Waals surface area contributed by atoms with Crippen LogP contribution in [-0.4, -0.2) is 17.6 Å². The summed E-state index contributed by atoms with van der Waals surface area (Å²) in [6.07, 6.45) is 0.786. The molecule has 2 N–H and O–H groups in total. The minimum atomic E-state index is -0.242. The maximum atomic E-state index is 11.9. The number of benzene rings is 1. The Labute approximate surface area is 124 Å². The lowest BCUT2D eigenvalue weighted by molar-refractivity contribution is 0.0951. The molecule has 0 aliphatic heterocycles. The molecule has 0 fully saturated rings. The van der Waals surface area contributed by atoms with Crippen molar-refractivity contribution in [2.45, 2.75) is 13.3 Å². The molecule has 1 aromatic carbocycles. The smallest absolute Gasteiger partial charge is 0.255 e. The molecular weight excluding hydrogens is 326 g/mol. The van der Waals surface area contributed by atoms with Crippen molar-refractivity contribution < 1.29 is 9.90 Å². The van der Waals surface area contributed by atoms with Gasteiger partial charge in [-0.2, -0.15) is 0 Å². The Balaban J connectivity index is 1.90. The first-order chi connectivity index (χ1) is 9.06. The molecule has 5 heteroatoms. The lowest BCUT2D eigenvalue weighted by atomic mass is 10.1. The maximum absolute atomic E-state index is 11.9. The van der Waals surface area contributed by atoms with Crippen molar-refractivity contribution in [3.8, 4) is 5.75 Å². The Hall–Kier alpha value is -1.33. The number of carbonyl (C=O) groups is 1. The predicted molar refractivity (Wildman–Crippen MR) is 80.9 cm³/mol. The fourth-order valence-corrected chi connectivity index (χ4v) is 3.20. The third-order valence-electron chi connectivity index (χ3n) is 2.68. The first-order valence-electron chi connectivity index (χ1n) is 5.88. The van der Waals surface area contributed by atoms with Crippen LogP contribution in [0.15, 0.2) is 34.1 Å². The normalized spacial score (nSPS) is 10.4. The van der Waals surface area contributed by atoms with E-state index in [9.17, 15) is 9.90 Å². The van der Waals surface area contributed by atoms with E-state index in [1.54, 1.807) is 23.5 Å². The Morgan fingerprint density at radius 3 is 2.79 bits per heavy atom. The molecule has 0 bridgehead atoms. The van der Waals surface area contributed by atoms with Gasteiger partial charge in [-0.05, 0) is 59.1 Å². The van der Waals surface area contributed by atoms with Crippen molar-refractivity contribution in [2.75, 3.05) is 6.54 Å². The van der Waals surface area contributed by atoms with Crippen LogP contribution in [0.4, 0.5) is 0 Å². The van der Waals surface area contributed by atoms with Crippen LogP contribution in [0.2, 0.25) is 0 Å². The van der Waals surface area contributed by atoms with Gasteiger partial charge in [-0.25, -0.2) is 0 Å². The molecule has 0 spiro atoms. The van der Waals surface area contributed by atoms with Crippen LogP contribution in [0.5, 0.6) is 5.75 Å². The van der Waals surface area contributed by atoms with Gasteiger partial charge in [-0.1, -0.05) is 6.07 Å². The summed E-state index contributed by atoms with van der Waals surface area (Å²) in [7, 11) is 0. The van der Waals surface area contributed by atoms with Crippen molar-refractivity contribution >= 4 is 33.2 Å². The van der Waals surface area contributed by atoms with Crippen molar-refractivity contribution in [1.29, 1.82) is 0 Å². The van der Waals surface area contributed by atoms with E-state index in [0.717, 1.165) is 15.8 Å². The molecule has 0 aliphatic rings. The van der Waals surface area contributed by atoms with Gasteiger partial charge < -0.3 is 10.4 Å². The number of thiophene rings is 1. The Bertz CT molecular complexity index is 595. The summed E-state index contributed by atoms with van der Waals surface area (Å²) < 4.78 is 1.09. The van der Waals surface area contributed by atoms with Gasteiger partial charge in [0.2, 0.25) is 0 Å². The molecule has 0 saturated heterocycles. The molecule has 1 amide bonds. The Kier molecular flexibility index (Phi) is 4.61. The van der Waals surface area contributed by atoms with Crippen molar-refractivity contribution in [3.63, 3.8) is 0 Å². The van der Waals surface area contributed by atoms with Crippen LogP contribution >= 0.6 is 27.3 Å². The van der Waals surface area contributed by atoms with E-state index in [0.29, 0.717) is 12.1 Å². The van der Waals surface area contributed by atoms with Crippen molar-refractivity contribution in [1.82, 2.24) is 5.32 Å². The van der Waals surface area contributed by atoms with Gasteiger partial charge in [0, 0.05) is 11.4 Å². The number of phenols is 1. The van der Waals surface area contributed by atoms with E-state index in [4.69, 9.17) is 0 Å². The molecule has 0 aliphatic carbocycles. The SMILES string of the molecule is Cc1ccc(C(=O)NCCc2ccc(Br)s2)c(O)c1. The summed E-state index contributed by atoms with van der Waals surface area (Å²) in [4.78, 5) is 13.1. The highest BCUT2D eigenvalue weighted by molar-refractivity contribution is 9.11. The zero-order chi connectivity index (χ0) is 13.8. The van der Waals surface area contributed by atoms with Gasteiger partial charge in [-0.3, -0.25) is 4.79 Å². The number of amides is 1. The number of aromatic hydroxyl groups is 1. The first kappa shape index (κ1) is 14.1. The molecule has 2 rings (SSSR count). The van der Waals surface area contributed by atoms with E-state index in [2.05, 4.69) is 21.2 Å². The zero-order valence-corrected chi connectivity index (χ0v) is 12.8. The van der Waals surface area contributed by atoms with E-state index in [1.807, 2.05) is 25.1 Å². The van der Waals surface area contributed by atoms with E-state index >= 15 is 0 Å². The van der Waals surface area contributed by atoms with Crippen LogP contribution in [0.25, 0.3) is 0 Å². The highest BCUT2D eigenvalue weighted by Crippen LogP contribution is 2.22. The topological polar surface area (TPSA) is 49.3 Å². The van der Waals surface area contributed by atoms with E-state index < -0.39 is 0 Å². The second kappa shape index (κ2) is 6.21. The fourth-order valence-electron chi connectivity index (χ4n) is 1.71. The van der Waals surface area contributed by atoms with Gasteiger partial charge in [0.25, 0.3) is 5.91 Å². The van der Waals surface area contributed by atoms with Crippen LogP contribution in [0.3, 0.4) is 0 Å². The second-order valence-corrected chi connectivity index (χ2v) is 6.78. The van der Waals surface area contributed by atoms with Gasteiger partial charge in [0.15, 0.2) is 0 Å². The summed E-state index contributed by atoms with van der Waals surface area (Å²) in [5, 5.41) is 12.5. The average Bonchev–Trinajstić information content (AvgIpc) is 2.75. The van der Waals surface area contributed by atoms with Crippen molar-refractivity contribution in [3.05, 3.63) is 50.1 Å². The predicted octanol–water partition coefficient (Wildman–Crippen LogP) is 3.50. The van der Waals surface area contributed by atoms with Crippen LogP contribution < -0.4 is 5.32 Å². The Morgan fingerprint density at radius 2 is 2.16 bits per heavy atom. The lowest BCUT2D eigenvalue weighted by Crippen LogP contribution is -2.25. The molecule has 3 nitrogen and oxygen atoms in total. The monoisotopic (exact) mass is 339 g/mol. The molecule has 2 aromatic rings. The number of aryl methyl sites for hydroxylation is 1. The molecule has 1 heterocycles. The summed E-state index contributed by atoms with van der Waals surface area (Å²) >= 11 is 5.06. The molecule has 0 saturated carbocycles. The van der Waals surface area contributed by atoms with E-state index in [1.165, 1.54) is 4.88 Å². The van der Waals surface area contributed by atoms with E-state index in [-0.39, 0.29) is 11.7 Å². The first-order valence-corrected chi connectivity index (χ1v) is 7.49. The number of rotatable bonds is 4. The molecule has 1 aromatic heterocycles. The molecule has 0 atom stereocenters. The molecule has 0 radical (unpaired) electrons. The van der Waals surface area contributed by atoms with Crippen LogP contribution in [-0.2, 0) is 6.42 Å². The minimum absolute atomic E-state index is 0.0244.